The summed E-state index contributed by atoms with van der Waals surface area (Å²) in [5.41, 5.74) is 5.69. The summed E-state index contributed by atoms with van der Waals surface area (Å²) in [4.78, 5) is 14.4. The highest BCUT2D eigenvalue weighted by molar-refractivity contribution is 5.39. The van der Waals surface area contributed by atoms with Crippen LogP contribution < -0.4 is 15.4 Å². The van der Waals surface area contributed by atoms with Crippen LogP contribution in [-0.2, 0) is 0 Å². The third-order valence-corrected chi connectivity index (χ3v) is 3.29. The average molecular weight is 267 g/mol. The largest absolute Gasteiger partial charge is 0.461 e. The molecule has 0 bridgehead atoms. The Morgan fingerprint density at radius 3 is 2.79 bits per heavy atom. The number of nitrogens with zero attached hydrogens (tertiary/aromatic N) is 4. The fourth-order valence-corrected chi connectivity index (χ4v) is 2.29. The first-order valence-electron chi connectivity index (χ1n) is 6.57. The van der Waals surface area contributed by atoms with Crippen LogP contribution >= 0.6 is 0 Å². The second-order valence-corrected chi connectivity index (χ2v) is 5.15. The van der Waals surface area contributed by atoms with Crippen molar-refractivity contribution >= 4 is 11.9 Å². The van der Waals surface area contributed by atoms with Crippen LogP contribution in [0.25, 0.3) is 0 Å². The van der Waals surface area contributed by atoms with Crippen LogP contribution in [0.5, 0.6) is 6.01 Å². The zero-order valence-corrected chi connectivity index (χ0v) is 11.6. The van der Waals surface area contributed by atoms with Crippen molar-refractivity contribution in [3.63, 3.8) is 0 Å². The molecule has 2 atom stereocenters. The molecule has 1 aliphatic heterocycles. The molecule has 7 nitrogen and oxygen atoms in total. The number of rotatable bonds is 4. The third kappa shape index (κ3) is 3.04. The number of hydrogen-bond donors (Lipinski definition) is 2. The molecule has 0 spiro atoms. The lowest BCUT2D eigenvalue weighted by Gasteiger charge is -2.25. The Kier molecular flexibility index (Phi) is 4.04. The number of aliphatic hydroxyl groups is 1. The maximum absolute atomic E-state index is 9.48. The summed E-state index contributed by atoms with van der Waals surface area (Å²) in [6, 6.07) is 0.252. The standard InChI is InChI=1S/C12H21N5O2/c1-7(2)19-12-15-10(13)14-11(16-12)17-5-4-8(3)9(17)6-18/h7-9,18H,4-6H2,1-3H3,(H2,13,14,15,16). The van der Waals surface area contributed by atoms with Gasteiger partial charge in [0.2, 0.25) is 11.9 Å². The van der Waals surface area contributed by atoms with Gasteiger partial charge in [-0.3, -0.25) is 0 Å². The van der Waals surface area contributed by atoms with Crippen LogP contribution in [0.3, 0.4) is 0 Å². The lowest BCUT2D eigenvalue weighted by Crippen LogP contribution is -2.36. The van der Waals surface area contributed by atoms with E-state index in [1.807, 2.05) is 18.7 Å². The van der Waals surface area contributed by atoms with Gasteiger partial charge in [-0.2, -0.15) is 15.0 Å². The highest BCUT2D eigenvalue weighted by Crippen LogP contribution is 2.28. The quantitative estimate of drug-likeness (QED) is 0.817. The summed E-state index contributed by atoms with van der Waals surface area (Å²) in [6.07, 6.45) is 0.970. The van der Waals surface area contributed by atoms with Crippen molar-refractivity contribution in [2.75, 3.05) is 23.8 Å². The Hall–Kier alpha value is -1.63. The molecule has 19 heavy (non-hydrogen) atoms. The van der Waals surface area contributed by atoms with Gasteiger partial charge in [0.15, 0.2) is 0 Å². The Bertz CT molecular complexity index is 440. The normalized spacial score (nSPS) is 23.1. The van der Waals surface area contributed by atoms with Gasteiger partial charge >= 0.3 is 6.01 Å². The fourth-order valence-electron chi connectivity index (χ4n) is 2.29. The number of nitrogens with two attached hydrogens (primary N) is 1. The van der Waals surface area contributed by atoms with Crippen LogP contribution in [0, 0.1) is 5.92 Å². The topological polar surface area (TPSA) is 97.4 Å². The van der Waals surface area contributed by atoms with Crippen LogP contribution in [0.4, 0.5) is 11.9 Å². The molecule has 3 N–H and O–H groups in total. The van der Waals surface area contributed by atoms with Crippen molar-refractivity contribution in [2.24, 2.45) is 5.92 Å². The molecule has 2 rings (SSSR count). The molecular weight excluding hydrogens is 246 g/mol. The van der Waals surface area contributed by atoms with Gasteiger partial charge in [-0.15, -0.1) is 0 Å². The summed E-state index contributed by atoms with van der Waals surface area (Å²) in [6.45, 7) is 6.78. The zero-order chi connectivity index (χ0) is 14.0. The lowest BCUT2D eigenvalue weighted by molar-refractivity contribution is 0.221. The van der Waals surface area contributed by atoms with Crippen molar-refractivity contribution in [1.29, 1.82) is 0 Å². The molecule has 2 heterocycles. The Morgan fingerprint density at radius 1 is 1.42 bits per heavy atom. The van der Waals surface area contributed by atoms with Gasteiger partial charge in [0.05, 0.1) is 18.8 Å². The van der Waals surface area contributed by atoms with E-state index in [0.29, 0.717) is 11.9 Å². The SMILES string of the molecule is CC(C)Oc1nc(N)nc(N2CCC(C)C2CO)n1. The van der Waals surface area contributed by atoms with E-state index in [0.717, 1.165) is 13.0 Å². The summed E-state index contributed by atoms with van der Waals surface area (Å²) in [7, 11) is 0. The van der Waals surface area contributed by atoms with Crippen molar-refractivity contribution in [3.8, 4) is 6.01 Å². The molecule has 106 valence electrons. The zero-order valence-electron chi connectivity index (χ0n) is 11.6. The van der Waals surface area contributed by atoms with Gasteiger partial charge in [0.25, 0.3) is 0 Å². The first kappa shape index (κ1) is 13.8. The van der Waals surface area contributed by atoms with Crippen LogP contribution in [0.1, 0.15) is 27.2 Å². The minimum atomic E-state index is -0.0270. The second-order valence-electron chi connectivity index (χ2n) is 5.15. The number of hydrogen-bond acceptors (Lipinski definition) is 7. The van der Waals surface area contributed by atoms with Crippen molar-refractivity contribution in [2.45, 2.75) is 39.3 Å². The number of aliphatic hydroxyl groups excluding tert-OH is 1. The highest BCUT2D eigenvalue weighted by Gasteiger charge is 2.32. The minimum Gasteiger partial charge on any atom is -0.461 e. The average Bonchev–Trinajstić information content (AvgIpc) is 2.68. The third-order valence-electron chi connectivity index (χ3n) is 3.29. The summed E-state index contributed by atoms with van der Waals surface area (Å²) in [5.74, 6) is 1.01. The number of anilines is 2. The van der Waals surface area contributed by atoms with Crippen LogP contribution in [0.2, 0.25) is 0 Å². The lowest BCUT2D eigenvalue weighted by atomic mass is 10.0. The molecule has 1 aliphatic rings. The predicted molar refractivity (Wildman–Crippen MR) is 72.0 cm³/mol. The van der Waals surface area contributed by atoms with E-state index in [-0.39, 0.29) is 30.7 Å². The summed E-state index contributed by atoms with van der Waals surface area (Å²) < 4.78 is 5.46. The van der Waals surface area contributed by atoms with E-state index < -0.39 is 0 Å². The van der Waals surface area contributed by atoms with Crippen LogP contribution in [0.15, 0.2) is 0 Å². The molecule has 1 aromatic rings. The molecule has 0 aromatic carbocycles. The molecule has 0 aliphatic carbocycles. The molecule has 0 saturated carbocycles. The molecule has 1 saturated heterocycles. The Balaban J connectivity index is 2.26. The molecule has 0 radical (unpaired) electrons. The van der Waals surface area contributed by atoms with Gasteiger partial charge in [-0.05, 0) is 26.2 Å². The monoisotopic (exact) mass is 267 g/mol. The van der Waals surface area contributed by atoms with Gasteiger partial charge in [-0.25, -0.2) is 0 Å². The summed E-state index contributed by atoms with van der Waals surface area (Å²) in [5, 5.41) is 9.48. The molecule has 2 unspecified atom stereocenters. The summed E-state index contributed by atoms with van der Waals surface area (Å²) >= 11 is 0. The Labute approximate surface area is 112 Å². The van der Waals surface area contributed by atoms with Crippen molar-refractivity contribution in [1.82, 2.24) is 15.0 Å². The van der Waals surface area contributed by atoms with Crippen molar-refractivity contribution in [3.05, 3.63) is 0 Å². The molecular formula is C12H21N5O2. The smallest absolute Gasteiger partial charge is 0.323 e. The van der Waals surface area contributed by atoms with Crippen molar-refractivity contribution < 1.29 is 9.84 Å². The van der Waals surface area contributed by atoms with E-state index >= 15 is 0 Å². The van der Waals surface area contributed by atoms with E-state index in [4.69, 9.17) is 10.5 Å². The van der Waals surface area contributed by atoms with E-state index in [2.05, 4.69) is 21.9 Å². The maximum Gasteiger partial charge on any atom is 0.323 e. The predicted octanol–water partition coefficient (Wildman–Crippen LogP) is 0.448. The van der Waals surface area contributed by atoms with Gasteiger partial charge in [0, 0.05) is 6.54 Å². The van der Waals surface area contributed by atoms with Crippen LogP contribution in [-0.4, -0.2) is 45.4 Å². The first-order chi connectivity index (χ1) is 9.01. The van der Waals surface area contributed by atoms with Gasteiger partial charge < -0.3 is 20.5 Å². The number of aromatic nitrogens is 3. The Morgan fingerprint density at radius 2 is 2.16 bits per heavy atom. The first-order valence-corrected chi connectivity index (χ1v) is 6.57. The van der Waals surface area contributed by atoms with Gasteiger partial charge in [0.1, 0.15) is 0 Å². The van der Waals surface area contributed by atoms with Gasteiger partial charge in [-0.1, -0.05) is 6.92 Å². The number of nitrogen functional groups attached to an aromatic ring is 1. The fraction of sp³-hybridized carbons (Fsp3) is 0.750. The molecule has 1 aromatic heterocycles. The number of ether oxygens (including phenoxy) is 1. The molecule has 0 amide bonds. The van der Waals surface area contributed by atoms with E-state index in [1.165, 1.54) is 0 Å². The highest BCUT2D eigenvalue weighted by atomic mass is 16.5. The second kappa shape index (κ2) is 5.56. The molecule has 7 heteroatoms. The molecule has 1 fully saturated rings. The minimum absolute atomic E-state index is 0.0219. The van der Waals surface area contributed by atoms with E-state index in [1.54, 1.807) is 0 Å². The maximum atomic E-state index is 9.48. The van der Waals surface area contributed by atoms with E-state index in [9.17, 15) is 5.11 Å².